The Morgan fingerprint density at radius 1 is 1.59 bits per heavy atom. The Balaban J connectivity index is 2.79. The summed E-state index contributed by atoms with van der Waals surface area (Å²) in [6.45, 7) is 5.72. The van der Waals surface area contributed by atoms with E-state index in [1.54, 1.807) is 12.3 Å². The van der Waals surface area contributed by atoms with Crippen LogP contribution in [0.4, 0.5) is 0 Å². The first-order chi connectivity index (χ1) is 7.95. The smallest absolute Gasteiger partial charge is 0.270 e. The third kappa shape index (κ3) is 3.78. The number of aromatic nitrogens is 1. The standard InChI is InChI=1S/C12H17BrN2O2/c1-7(2)11(6-16)15-12(17)10-4-8(3)9(13)5-14-10/h4-5,7,11,16H,6H2,1-3H3,(H,15,17)/t11-/m1/s1. The van der Waals surface area contributed by atoms with E-state index in [2.05, 4.69) is 26.2 Å². The fourth-order valence-electron chi connectivity index (χ4n) is 1.33. The topological polar surface area (TPSA) is 62.2 Å². The molecule has 94 valence electrons. The lowest BCUT2D eigenvalue weighted by atomic mass is 10.1. The molecular weight excluding hydrogens is 284 g/mol. The van der Waals surface area contributed by atoms with Crippen LogP contribution in [-0.2, 0) is 0 Å². The van der Waals surface area contributed by atoms with Crippen LogP contribution in [0.15, 0.2) is 16.7 Å². The minimum atomic E-state index is -0.256. The minimum absolute atomic E-state index is 0.0705. The lowest BCUT2D eigenvalue weighted by molar-refractivity contribution is 0.0891. The van der Waals surface area contributed by atoms with Crippen LogP contribution in [0.25, 0.3) is 0 Å². The number of aliphatic hydroxyl groups excluding tert-OH is 1. The highest BCUT2D eigenvalue weighted by Gasteiger charge is 2.17. The van der Waals surface area contributed by atoms with Crippen molar-refractivity contribution in [1.29, 1.82) is 0 Å². The van der Waals surface area contributed by atoms with Gasteiger partial charge < -0.3 is 10.4 Å². The Kier molecular flexibility index (Phi) is 5.08. The zero-order valence-corrected chi connectivity index (χ0v) is 11.8. The lowest BCUT2D eigenvalue weighted by Crippen LogP contribution is -2.41. The molecule has 0 aromatic carbocycles. The van der Waals surface area contributed by atoms with Gasteiger partial charge in [0.2, 0.25) is 0 Å². The van der Waals surface area contributed by atoms with Gasteiger partial charge in [-0.1, -0.05) is 13.8 Å². The summed E-state index contributed by atoms with van der Waals surface area (Å²) in [5.74, 6) is -0.0751. The normalized spacial score (nSPS) is 12.6. The summed E-state index contributed by atoms with van der Waals surface area (Å²) in [6, 6.07) is 1.47. The molecular formula is C12H17BrN2O2. The molecule has 5 heteroatoms. The van der Waals surface area contributed by atoms with Gasteiger partial charge in [-0.05, 0) is 40.4 Å². The number of aliphatic hydroxyl groups is 1. The molecule has 1 aromatic rings. The van der Waals surface area contributed by atoms with E-state index in [4.69, 9.17) is 5.11 Å². The largest absolute Gasteiger partial charge is 0.394 e. The van der Waals surface area contributed by atoms with Crippen LogP contribution in [0.2, 0.25) is 0 Å². The molecule has 0 aliphatic carbocycles. The quantitative estimate of drug-likeness (QED) is 0.893. The van der Waals surface area contributed by atoms with Gasteiger partial charge in [-0.3, -0.25) is 4.79 Å². The van der Waals surface area contributed by atoms with E-state index in [1.807, 2.05) is 20.8 Å². The first-order valence-electron chi connectivity index (χ1n) is 5.49. The number of hydrogen-bond acceptors (Lipinski definition) is 3. The molecule has 0 radical (unpaired) electrons. The summed E-state index contributed by atoms with van der Waals surface area (Å²) in [4.78, 5) is 15.9. The molecule has 2 N–H and O–H groups in total. The molecule has 1 aromatic heterocycles. The second-order valence-electron chi connectivity index (χ2n) is 4.33. The van der Waals surface area contributed by atoms with E-state index in [0.717, 1.165) is 10.0 Å². The second-order valence-corrected chi connectivity index (χ2v) is 5.18. The number of carbonyl (C=O) groups is 1. The number of nitrogens with one attached hydrogen (secondary N) is 1. The SMILES string of the molecule is Cc1cc(C(=O)N[C@H](CO)C(C)C)ncc1Br. The van der Waals surface area contributed by atoms with Crippen LogP contribution in [0.1, 0.15) is 29.9 Å². The van der Waals surface area contributed by atoms with E-state index in [9.17, 15) is 4.79 Å². The van der Waals surface area contributed by atoms with Crippen molar-refractivity contribution < 1.29 is 9.90 Å². The van der Waals surface area contributed by atoms with Gasteiger partial charge in [-0.15, -0.1) is 0 Å². The number of hydrogen-bond donors (Lipinski definition) is 2. The Bertz CT molecular complexity index is 407. The van der Waals surface area contributed by atoms with E-state index in [0.29, 0.717) is 5.69 Å². The molecule has 1 atom stereocenters. The molecule has 1 amide bonds. The van der Waals surface area contributed by atoms with Gasteiger partial charge in [0.05, 0.1) is 12.6 Å². The Labute approximate surface area is 110 Å². The van der Waals surface area contributed by atoms with Gasteiger partial charge >= 0.3 is 0 Å². The third-order valence-electron chi connectivity index (χ3n) is 2.60. The van der Waals surface area contributed by atoms with Gasteiger partial charge in [-0.2, -0.15) is 0 Å². The Hall–Kier alpha value is -0.940. The van der Waals surface area contributed by atoms with Crippen molar-refractivity contribution in [2.24, 2.45) is 5.92 Å². The van der Waals surface area contributed by atoms with Crippen LogP contribution in [0.5, 0.6) is 0 Å². The summed E-state index contributed by atoms with van der Waals surface area (Å²) in [7, 11) is 0. The highest BCUT2D eigenvalue weighted by molar-refractivity contribution is 9.10. The fourth-order valence-corrected chi connectivity index (χ4v) is 1.55. The summed E-state index contributed by atoms with van der Waals surface area (Å²) in [5, 5.41) is 11.9. The number of carbonyl (C=O) groups excluding carboxylic acids is 1. The lowest BCUT2D eigenvalue weighted by Gasteiger charge is -2.19. The minimum Gasteiger partial charge on any atom is -0.394 e. The maximum absolute atomic E-state index is 11.9. The predicted octanol–water partition coefficient (Wildman–Crippen LogP) is 1.90. The van der Waals surface area contributed by atoms with E-state index in [1.165, 1.54) is 0 Å². The van der Waals surface area contributed by atoms with Crippen molar-refractivity contribution in [3.8, 4) is 0 Å². The van der Waals surface area contributed by atoms with Crippen molar-refractivity contribution in [2.75, 3.05) is 6.61 Å². The van der Waals surface area contributed by atoms with Crippen LogP contribution in [0, 0.1) is 12.8 Å². The molecule has 0 saturated carbocycles. The zero-order valence-electron chi connectivity index (χ0n) is 10.2. The van der Waals surface area contributed by atoms with Crippen molar-refractivity contribution in [3.05, 3.63) is 28.0 Å². The summed E-state index contributed by atoms with van der Waals surface area (Å²) in [5.41, 5.74) is 1.32. The van der Waals surface area contributed by atoms with Crippen molar-refractivity contribution in [2.45, 2.75) is 26.8 Å². The maximum Gasteiger partial charge on any atom is 0.270 e. The summed E-state index contributed by atoms with van der Waals surface area (Å²) >= 11 is 3.33. The summed E-state index contributed by atoms with van der Waals surface area (Å²) < 4.78 is 0.872. The second kappa shape index (κ2) is 6.12. The van der Waals surface area contributed by atoms with Crippen LogP contribution < -0.4 is 5.32 Å². The molecule has 0 fully saturated rings. The number of rotatable bonds is 4. The van der Waals surface area contributed by atoms with Crippen LogP contribution in [0.3, 0.4) is 0 Å². The average molecular weight is 301 g/mol. The number of amides is 1. The molecule has 4 nitrogen and oxygen atoms in total. The highest BCUT2D eigenvalue weighted by Crippen LogP contribution is 2.15. The monoisotopic (exact) mass is 300 g/mol. The molecule has 0 unspecified atom stereocenters. The molecule has 1 rings (SSSR count). The molecule has 0 aliphatic heterocycles. The Morgan fingerprint density at radius 3 is 2.71 bits per heavy atom. The van der Waals surface area contributed by atoms with Gasteiger partial charge in [0, 0.05) is 10.7 Å². The molecule has 17 heavy (non-hydrogen) atoms. The third-order valence-corrected chi connectivity index (χ3v) is 3.43. The Morgan fingerprint density at radius 2 is 2.24 bits per heavy atom. The van der Waals surface area contributed by atoms with Crippen LogP contribution >= 0.6 is 15.9 Å². The number of aryl methyl sites for hydroxylation is 1. The number of nitrogens with zero attached hydrogens (tertiary/aromatic N) is 1. The van der Waals surface area contributed by atoms with Crippen molar-refractivity contribution >= 4 is 21.8 Å². The molecule has 1 heterocycles. The molecule has 0 saturated heterocycles. The van der Waals surface area contributed by atoms with Crippen molar-refractivity contribution in [1.82, 2.24) is 10.3 Å². The molecule has 0 spiro atoms. The number of pyridine rings is 1. The number of halogens is 1. The maximum atomic E-state index is 11.9. The highest BCUT2D eigenvalue weighted by atomic mass is 79.9. The van der Waals surface area contributed by atoms with Gasteiger partial charge in [0.15, 0.2) is 0 Å². The zero-order chi connectivity index (χ0) is 13.0. The first-order valence-corrected chi connectivity index (χ1v) is 6.29. The van der Waals surface area contributed by atoms with E-state index in [-0.39, 0.29) is 24.5 Å². The van der Waals surface area contributed by atoms with E-state index < -0.39 is 0 Å². The van der Waals surface area contributed by atoms with Gasteiger partial charge in [-0.25, -0.2) is 4.98 Å². The first kappa shape index (κ1) is 14.1. The van der Waals surface area contributed by atoms with Crippen LogP contribution in [-0.4, -0.2) is 28.6 Å². The molecule has 0 bridgehead atoms. The summed E-state index contributed by atoms with van der Waals surface area (Å²) in [6.07, 6.45) is 1.60. The molecule has 0 aliphatic rings. The van der Waals surface area contributed by atoms with Gasteiger partial charge in [0.25, 0.3) is 5.91 Å². The fraction of sp³-hybridized carbons (Fsp3) is 0.500. The van der Waals surface area contributed by atoms with E-state index >= 15 is 0 Å². The predicted molar refractivity (Wildman–Crippen MR) is 69.9 cm³/mol. The van der Waals surface area contributed by atoms with Crippen molar-refractivity contribution in [3.63, 3.8) is 0 Å². The van der Waals surface area contributed by atoms with Gasteiger partial charge in [0.1, 0.15) is 5.69 Å². The average Bonchev–Trinajstić information content (AvgIpc) is 2.28.